The van der Waals surface area contributed by atoms with Crippen molar-refractivity contribution < 1.29 is 4.42 Å². The molecular weight excluding hydrogens is 250 g/mol. The topological polar surface area (TPSA) is 63.1 Å². The third kappa shape index (κ3) is 1.29. The number of nitrogens with one attached hydrogen (secondary N) is 1. The van der Waals surface area contributed by atoms with Crippen LogP contribution in [0.2, 0.25) is 0 Å². The summed E-state index contributed by atoms with van der Waals surface area (Å²) in [7, 11) is 0. The second kappa shape index (κ2) is 3.09. The molecule has 4 nitrogen and oxygen atoms in total. The Morgan fingerprint density at radius 3 is 2.79 bits per heavy atom. The molecule has 0 atom stereocenters. The number of aryl methyl sites for hydroxylation is 1. The monoisotopic (exact) mass is 255 g/mol. The van der Waals surface area contributed by atoms with Crippen LogP contribution < -0.4 is 11.3 Å². The molecule has 2 rings (SSSR count). The standard InChI is InChI=1S/C9H6BrNO3/c1-4-2-3-5-6(7(4)10)8(12)11-9(13)14-5/h2-3H,1H3,(H,11,12,13). The second-order valence-electron chi connectivity index (χ2n) is 2.91. The van der Waals surface area contributed by atoms with Gasteiger partial charge >= 0.3 is 5.76 Å². The van der Waals surface area contributed by atoms with Crippen molar-refractivity contribution in [3.05, 3.63) is 43.1 Å². The third-order valence-corrected chi connectivity index (χ3v) is 2.96. The van der Waals surface area contributed by atoms with Crippen LogP contribution in [0.5, 0.6) is 0 Å². The lowest BCUT2D eigenvalue weighted by Gasteiger charge is -2.00. The maximum absolute atomic E-state index is 11.4. The van der Waals surface area contributed by atoms with E-state index in [0.29, 0.717) is 9.86 Å². The van der Waals surface area contributed by atoms with E-state index < -0.39 is 11.3 Å². The first kappa shape index (κ1) is 9.21. The van der Waals surface area contributed by atoms with Gasteiger partial charge in [0.1, 0.15) is 5.58 Å². The van der Waals surface area contributed by atoms with Crippen LogP contribution in [0.15, 0.2) is 30.6 Å². The summed E-state index contributed by atoms with van der Waals surface area (Å²) in [6.45, 7) is 1.86. The average molecular weight is 256 g/mol. The predicted octanol–water partition coefficient (Wildman–Crippen LogP) is 1.55. The molecule has 0 radical (unpaired) electrons. The molecule has 0 aliphatic carbocycles. The number of aromatic nitrogens is 1. The van der Waals surface area contributed by atoms with E-state index in [0.717, 1.165) is 5.56 Å². The quantitative estimate of drug-likeness (QED) is 0.777. The maximum atomic E-state index is 11.4. The summed E-state index contributed by atoms with van der Waals surface area (Å²) in [6, 6.07) is 3.38. The molecule has 0 aliphatic heterocycles. The van der Waals surface area contributed by atoms with Gasteiger partial charge in [-0.2, -0.15) is 0 Å². The first-order chi connectivity index (χ1) is 6.59. The van der Waals surface area contributed by atoms with Gasteiger partial charge in [0.15, 0.2) is 0 Å². The fourth-order valence-corrected chi connectivity index (χ4v) is 1.75. The van der Waals surface area contributed by atoms with Crippen molar-refractivity contribution in [2.24, 2.45) is 0 Å². The zero-order valence-corrected chi connectivity index (χ0v) is 8.84. The minimum absolute atomic E-state index is 0.288. The zero-order chi connectivity index (χ0) is 10.3. The average Bonchev–Trinajstić information content (AvgIpc) is 2.10. The summed E-state index contributed by atoms with van der Waals surface area (Å²) in [4.78, 5) is 24.4. The fraction of sp³-hybridized carbons (Fsp3) is 0.111. The Kier molecular flexibility index (Phi) is 2.03. The number of benzene rings is 1. The Labute approximate surface area is 86.7 Å². The number of rotatable bonds is 0. The van der Waals surface area contributed by atoms with Gasteiger partial charge < -0.3 is 4.42 Å². The van der Waals surface area contributed by atoms with Gasteiger partial charge in [0.05, 0.1) is 5.39 Å². The van der Waals surface area contributed by atoms with Gasteiger partial charge in [0.2, 0.25) is 0 Å². The van der Waals surface area contributed by atoms with Crippen LogP contribution >= 0.6 is 15.9 Å². The minimum atomic E-state index is -0.738. The van der Waals surface area contributed by atoms with E-state index in [1.165, 1.54) is 0 Å². The maximum Gasteiger partial charge on any atom is 0.419 e. The first-order valence-electron chi connectivity index (χ1n) is 3.92. The number of hydrogen-bond acceptors (Lipinski definition) is 3. The molecule has 2 aromatic rings. The van der Waals surface area contributed by atoms with Gasteiger partial charge in [-0.15, -0.1) is 0 Å². The number of H-pyrrole nitrogens is 1. The smallest absolute Gasteiger partial charge is 0.409 e. The summed E-state index contributed by atoms with van der Waals surface area (Å²) < 4.78 is 5.49. The highest BCUT2D eigenvalue weighted by molar-refractivity contribution is 9.10. The van der Waals surface area contributed by atoms with Crippen molar-refractivity contribution in [3.8, 4) is 0 Å². The highest BCUT2D eigenvalue weighted by Gasteiger charge is 2.08. The molecule has 1 aromatic carbocycles. The van der Waals surface area contributed by atoms with Gasteiger partial charge in [-0.3, -0.25) is 9.78 Å². The molecule has 0 bridgehead atoms. The lowest BCUT2D eigenvalue weighted by atomic mass is 10.2. The summed E-state index contributed by atoms with van der Waals surface area (Å²) in [5.74, 6) is -0.738. The molecular formula is C9H6BrNO3. The molecule has 5 heteroatoms. The Balaban J connectivity index is 3.11. The molecule has 0 saturated heterocycles. The third-order valence-electron chi connectivity index (χ3n) is 1.94. The van der Waals surface area contributed by atoms with Crippen LogP contribution in [-0.4, -0.2) is 4.98 Å². The van der Waals surface area contributed by atoms with Crippen LogP contribution in [0.4, 0.5) is 0 Å². The number of hydrogen-bond donors (Lipinski definition) is 1. The molecule has 0 spiro atoms. The lowest BCUT2D eigenvalue weighted by molar-refractivity contribution is 0.528. The van der Waals surface area contributed by atoms with Gasteiger partial charge in [0, 0.05) is 4.47 Å². The number of aromatic amines is 1. The predicted molar refractivity (Wildman–Crippen MR) is 55.5 cm³/mol. The Bertz CT molecular complexity index is 611. The van der Waals surface area contributed by atoms with Crippen molar-refractivity contribution in [3.63, 3.8) is 0 Å². The number of fused-ring (bicyclic) bond motifs is 1. The van der Waals surface area contributed by atoms with E-state index in [-0.39, 0.29) is 5.58 Å². The molecule has 0 amide bonds. The molecule has 0 unspecified atom stereocenters. The molecule has 1 aromatic heterocycles. The van der Waals surface area contributed by atoms with Crippen LogP contribution in [0.1, 0.15) is 5.56 Å². The molecule has 14 heavy (non-hydrogen) atoms. The molecule has 0 saturated carbocycles. The molecule has 72 valence electrons. The van der Waals surface area contributed by atoms with E-state index >= 15 is 0 Å². The summed E-state index contributed by atoms with van der Waals surface area (Å²) in [6.07, 6.45) is 0. The molecule has 0 fully saturated rings. The van der Waals surface area contributed by atoms with Gasteiger partial charge in [-0.1, -0.05) is 6.07 Å². The highest BCUT2D eigenvalue weighted by atomic mass is 79.9. The van der Waals surface area contributed by atoms with Crippen LogP contribution in [-0.2, 0) is 0 Å². The van der Waals surface area contributed by atoms with Crippen molar-refractivity contribution in [2.45, 2.75) is 6.92 Å². The summed E-state index contributed by atoms with van der Waals surface area (Å²) >= 11 is 3.27. The zero-order valence-electron chi connectivity index (χ0n) is 7.26. The van der Waals surface area contributed by atoms with Crippen molar-refractivity contribution >= 4 is 26.9 Å². The highest BCUT2D eigenvalue weighted by Crippen LogP contribution is 2.23. The SMILES string of the molecule is Cc1ccc2oc(=O)[nH]c(=O)c2c1Br. The summed E-state index contributed by atoms with van der Waals surface area (Å²) in [5, 5.41) is 0.365. The van der Waals surface area contributed by atoms with Crippen molar-refractivity contribution in [1.82, 2.24) is 4.98 Å². The van der Waals surface area contributed by atoms with Gasteiger partial charge in [-0.25, -0.2) is 4.79 Å². The minimum Gasteiger partial charge on any atom is -0.409 e. The first-order valence-corrected chi connectivity index (χ1v) is 4.71. The van der Waals surface area contributed by atoms with Gasteiger partial charge in [0.25, 0.3) is 5.56 Å². The molecule has 0 aliphatic rings. The Morgan fingerprint density at radius 1 is 1.36 bits per heavy atom. The second-order valence-corrected chi connectivity index (χ2v) is 3.71. The summed E-state index contributed by atoms with van der Waals surface area (Å²) in [5.41, 5.74) is 0.764. The van der Waals surface area contributed by atoms with Crippen LogP contribution in [0.3, 0.4) is 0 Å². The van der Waals surface area contributed by atoms with Gasteiger partial charge in [-0.05, 0) is 34.5 Å². The van der Waals surface area contributed by atoms with Crippen molar-refractivity contribution in [2.75, 3.05) is 0 Å². The lowest BCUT2D eigenvalue weighted by Crippen LogP contribution is -2.18. The van der Waals surface area contributed by atoms with E-state index in [9.17, 15) is 9.59 Å². The fourth-order valence-electron chi connectivity index (χ4n) is 1.24. The largest absolute Gasteiger partial charge is 0.419 e. The van der Waals surface area contributed by atoms with Crippen LogP contribution in [0, 0.1) is 6.92 Å². The van der Waals surface area contributed by atoms with E-state index in [4.69, 9.17) is 4.42 Å². The molecule has 1 N–H and O–H groups in total. The van der Waals surface area contributed by atoms with Crippen LogP contribution in [0.25, 0.3) is 11.0 Å². The van der Waals surface area contributed by atoms with E-state index in [1.54, 1.807) is 12.1 Å². The number of halogens is 1. The van der Waals surface area contributed by atoms with E-state index in [1.807, 2.05) is 6.92 Å². The normalized spacial score (nSPS) is 10.7. The van der Waals surface area contributed by atoms with Crippen molar-refractivity contribution in [1.29, 1.82) is 0 Å². The van der Waals surface area contributed by atoms with E-state index in [2.05, 4.69) is 20.9 Å². The molecule has 1 heterocycles. The Hall–Kier alpha value is -1.36. The Morgan fingerprint density at radius 2 is 2.07 bits per heavy atom.